The normalized spacial score (nSPS) is 13.6. The Morgan fingerprint density at radius 1 is 1.10 bits per heavy atom. The van der Waals surface area contributed by atoms with Gasteiger partial charge in [0.1, 0.15) is 5.82 Å². The number of benzene rings is 2. The molecule has 0 aromatic heterocycles. The molecule has 3 rings (SSSR count). The van der Waals surface area contributed by atoms with Crippen molar-refractivity contribution < 1.29 is 12.8 Å². The molecule has 158 valence electrons. The van der Waals surface area contributed by atoms with Gasteiger partial charge in [0, 0.05) is 26.7 Å². The summed E-state index contributed by atoms with van der Waals surface area (Å²) in [5.74, 6) is 0.229. The van der Waals surface area contributed by atoms with Crippen LogP contribution in [0.15, 0.2) is 53.5 Å². The van der Waals surface area contributed by atoms with E-state index in [1.54, 1.807) is 25.2 Å². The van der Waals surface area contributed by atoms with Crippen LogP contribution in [0, 0.1) is 5.82 Å². The zero-order valence-corrected chi connectivity index (χ0v) is 19.4. The van der Waals surface area contributed by atoms with E-state index in [1.165, 1.54) is 10.4 Å². The number of nitrogens with one attached hydrogen (secondary N) is 2. The summed E-state index contributed by atoms with van der Waals surface area (Å²) in [7, 11) is -1.79. The average molecular weight is 532 g/mol. The Kier molecular flexibility index (Phi) is 8.69. The summed E-state index contributed by atoms with van der Waals surface area (Å²) in [4.78, 5) is 4.09. The van der Waals surface area contributed by atoms with Crippen molar-refractivity contribution in [3.05, 3.63) is 65.5 Å². The Balaban J connectivity index is 0.00000300. The van der Waals surface area contributed by atoms with Crippen LogP contribution in [-0.4, -0.2) is 46.8 Å². The molecular weight excluding hydrogens is 506 g/mol. The molecule has 0 spiro atoms. The van der Waals surface area contributed by atoms with E-state index in [9.17, 15) is 12.8 Å². The molecule has 1 aliphatic rings. The Labute approximate surface area is 188 Å². The second kappa shape index (κ2) is 10.8. The number of hydrogen-bond acceptors (Lipinski definition) is 3. The van der Waals surface area contributed by atoms with Crippen LogP contribution < -0.4 is 14.9 Å². The number of nitrogens with zero attached hydrogens (tertiary/aromatic N) is 2. The lowest BCUT2D eigenvalue weighted by molar-refractivity contribution is 0.590. The number of rotatable bonds is 7. The maximum absolute atomic E-state index is 13.6. The number of para-hydroxylation sites is 1. The standard InChI is InChI=1S/C20H25FN4O2S.HI/c1-22-20(23-12-10-16-6-2-4-8-18(16)21)24-13-15-28(26,27)25-14-11-17-7-3-5-9-19(17)25;/h2-9H,10-15H2,1H3,(H2,22,23,24);1H. The molecule has 0 fully saturated rings. The van der Waals surface area contributed by atoms with Gasteiger partial charge in [-0.1, -0.05) is 36.4 Å². The molecule has 0 amide bonds. The highest BCUT2D eigenvalue weighted by atomic mass is 127. The maximum atomic E-state index is 13.6. The number of anilines is 1. The first kappa shape index (κ1) is 23.4. The molecular formula is C20H26FIN4O2S. The average Bonchev–Trinajstić information content (AvgIpc) is 3.13. The lowest BCUT2D eigenvalue weighted by Gasteiger charge is -2.20. The van der Waals surface area contributed by atoms with Crippen molar-refractivity contribution in [1.29, 1.82) is 0 Å². The van der Waals surface area contributed by atoms with Crippen LogP contribution in [0.5, 0.6) is 0 Å². The fourth-order valence-corrected chi connectivity index (χ4v) is 4.67. The van der Waals surface area contributed by atoms with Gasteiger partial charge in [-0.2, -0.15) is 0 Å². The second-order valence-electron chi connectivity index (χ2n) is 6.53. The number of sulfonamides is 1. The number of aliphatic imine (C=N–C) groups is 1. The van der Waals surface area contributed by atoms with Crippen LogP contribution in [0.2, 0.25) is 0 Å². The molecule has 0 atom stereocenters. The summed E-state index contributed by atoms with van der Waals surface area (Å²) in [6, 6.07) is 14.2. The van der Waals surface area contributed by atoms with Crippen LogP contribution in [0.4, 0.5) is 10.1 Å². The van der Waals surface area contributed by atoms with Crippen molar-refractivity contribution in [2.45, 2.75) is 12.8 Å². The van der Waals surface area contributed by atoms with E-state index in [1.807, 2.05) is 24.3 Å². The zero-order chi connectivity index (χ0) is 20.0. The topological polar surface area (TPSA) is 73.8 Å². The minimum absolute atomic E-state index is 0. The third-order valence-electron chi connectivity index (χ3n) is 4.70. The number of halogens is 2. The Morgan fingerprint density at radius 3 is 2.55 bits per heavy atom. The van der Waals surface area contributed by atoms with Gasteiger partial charge in [0.25, 0.3) is 0 Å². The third-order valence-corrected chi connectivity index (χ3v) is 6.47. The molecule has 9 heteroatoms. The molecule has 1 heterocycles. The highest BCUT2D eigenvalue weighted by Gasteiger charge is 2.28. The molecule has 2 N–H and O–H groups in total. The molecule has 1 aliphatic heterocycles. The number of guanidine groups is 1. The fraction of sp³-hybridized carbons (Fsp3) is 0.350. The number of fused-ring (bicyclic) bond motifs is 1. The van der Waals surface area contributed by atoms with Crippen LogP contribution in [0.3, 0.4) is 0 Å². The lowest BCUT2D eigenvalue weighted by atomic mass is 10.1. The lowest BCUT2D eigenvalue weighted by Crippen LogP contribution is -2.42. The SMILES string of the molecule is CN=C(NCCc1ccccc1F)NCCS(=O)(=O)N1CCc2ccccc21.I. The van der Waals surface area contributed by atoms with Crippen molar-refractivity contribution in [2.24, 2.45) is 4.99 Å². The molecule has 0 bridgehead atoms. The first-order valence-electron chi connectivity index (χ1n) is 9.27. The van der Waals surface area contributed by atoms with Gasteiger partial charge in [-0.25, -0.2) is 12.8 Å². The van der Waals surface area contributed by atoms with Crippen molar-refractivity contribution in [3.8, 4) is 0 Å². The van der Waals surface area contributed by atoms with E-state index in [0.29, 0.717) is 31.0 Å². The summed E-state index contributed by atoms with van der Waals surface area (Å²) in [5, 5.41) is 6.09. The van der Waals surface area contributed by atoms with E-state index in [2.05, 4.69) is 15.6 Å². The fourth-order valence-electron chi connectivity index (χ4n) is 3.24. The smallest absolute Gasteiger partial charge is 0.236 e. The summed E-state index contributed by atoms with van der Waals surface area (Å²) < 4.78 is 40.5. The van der Waals surface area contributed by atoms with Gasteiger partial charge in [0.15, 0.2) is 5.96 Å². The Bertz CT molecular complexity index is 953. The largest absolute Gasteiger partial charge is 0.356 e. The van der Waals surface area contributed by atoms with E-state index in [-0.39, 0.29) is 42.1 Å². The minimum atomic E-state index is -3.41. The van der Waals surface area contributed by atoms with Crippen molar-refractivity contribution in [3.63, 3.8) is 0 Å². The Hall–Kier alpha value is -1.88. The van der Waals surface area contributed by atoms with Gasteiger partial charge in [0.2, 0.25) is 10.0 Å². The summed E-state index contributed by atoms with van der Waals surface area (Å²) in [6.45, 7) is 1.21. The summed E-state index contributed by atoms with van der Waals surface area (Å²) in [5.41, 5.74) is 2.46. The zero-order valence-electron chi connectivity index (χ0n) is 16.3. The molecule has 0 radical (unpaired) electrons. The monoisotopic (exact) mass is 532 g/mol. The van der Waals surface area contributed by atoms with Gasteiger partial charge >= 0.3 is 0 Å². The van der Waals surface area contributed by atoms with Gasteiger partial charge in [-0.15, -0.1) is 24.0 Å². The summed E-state index contributed by atoms with van der Waals surface area (Å²) in [6.07, 6.45) is 1.25. The molecule has 6 nitrogen and oxygen atoms in total. The van der Waals surface area contributed by atoms with Crippen LogP contribution in [-0.2, 0) is 22.9 Å². The molecule has 29 heavy (non-hydrogen) atoms. The highest BCUT2D eigenvalue weighted by Crippen LogP contribution is 2.29. The van der Waals surface area contributed by atoms with Crippen molar-refractivity contribution in [2.75, 3.05) is 36.7 Å². The summed E-state index contributed by atoms with van der Waals surface area (Å²) >= 11 is 0. The molecule has 0 saturated carbocycles. The quantitative estimate of drug-likeness (QED) is 0.327. The van der Waals surface area contributed by atoms with Gasteiger partial charge in [0.05, 0.1) is 11.4 Å². The highest BCUT2D eigenvalue weighted by molar-refractivity contribution is 14.0. The van der Waals surface area contributed by atoms with Crippen LogP contribution >= 0.6 is 24.0 Å². The molecule has 0 aliphatic carbocycles. The van der Waals surface area contributed by atoms with Gasteiger partial charge < -0.3 is 10.6 Å². The molecule has 0 unspecified atom stereocenters. The van der Waals surface area contributed by atoms with E-state index in [4.69, 9.17) is 0 Å². The molecule has 0 saturated heterocycles. The predicted molar refractivity (Wildman–Crippen MR) is 126 cm³/mol. The second-order valence-corrected chi connectivity index (χ2v) is 8.55. The predicted octanol–water partition coefficient (Wildman–Crippen LogP) is 2.54. The van der Waals surface area contributed by atoms with Crippen molar-refractivity contribution >= 4 is 45.6 Å². The minimum Gasteiger partial charge on any atom is -0.356 e. The Morgan fingerprint density at radius 2 is 1.79 bits per heavy atom. The third kappa shape index (κ3) is 6.05. The van der Waals surface area contributed by atoms with E-state index < -0.39 is 10.0 Å². The number of hydrogen-bond donors (Lipinski definition) is 2. The first-order chi connectivity index (χ1) is 13.5. The van der Waals surface area contributed by atoms with Crippen molar-refractivity contribution in [1.82, 2.24) is 10.6 Å². The van der Waals surface area contributed by atoms with Crippen LogP contribution in [0.1, 0.15) is 11.1 Å². The van der Waals surface area contributed by atoms with Crippen LogP contribution in [0.25, 0.3) is 0 Å². The van der Waals surface area contributed by atoms with Gasteiger partial charge in [-0.05, 0) is 36.1 Å². The van der Waals surface area contributed by atoms with Gasteiger partial charge in [-0.3, -0.25) is 9.30 Å². The molecule has 2 aromatic carbocycles. The first-order valence-corrected chi connectivity index (χ1v) is 10.9. The maximum Gasteiger partial charge on any atom is 0.236 e. The van der Waals surface area contributed by atoms with E-state index >= 15 is 0 Å². The molecule has 2 aromatic rings. The van der Waals surface area contributed by atoms with E-state index in [0.717, 1.165) is 17.7 Å².